The van der Waals surface area contributed by atoms with Crippen LogP contribution in [0.3, 0.4) is 0 Å². The summed E-state index contributed by atoms with van der Waals surface area (Å²) in [6.45, 7) is 3.74. The van der Waals surface area contributed by atoms with E-state index in [9.17, 15) is 16.8 Å². The van der Waals surface area contributed by atoms with E-state index in [0.29, 0.717) is 22.6 Å². The molecule has 0 saturated carbocycles. The third-order valence-corrected chi connectivity index (χ3v) is 7.60. The summed E-state index contributed by atoms with van der Waals surface area (Å²) in [5.41, 5.74) is 4.12. The fourth-order valence-electron chi connectivity index (χ4n) is 3.31. The molecule has 33 heavy (non-hydrogen) atoms. The lowest BCUT2D eigenvalue weighted by atomic mass is 10.1. The first-order valence-corrected chi connectivity index (χ1v) is 13.0. The highest BCUT2D eigenvalue weighted by molar-refractivity contribution is 7.89. The van der Waals surface area contributed by atoms with Crippen molar-refractivity contribution in [2.75, 3.05) is 0 Å². The van der Waals surface area contributed by atoms with Crippen molar-refractivity contribution in [1.29, 1.82) is 0 Å². The fraction of sp³-hybridized carbons (Fsp3) is 0.130. The first-order valence-electron chi connectivity index (χ1n) is 10.1. The van der Waals surface area contributed by atoms with Gasteiger partial charge in [0, 0.05) is 17.5 Å². The molecular weight excluding hydrogens is 460 g/mol. The van der Waals surface area contributed by atoms with Gasteiger partial charge >= 0.3 is 0 Å². The summed E-state index contributed by atoms with van der Waals surface area (Å²) < 4.78 is 50.4. The Balaban J connectivity index is 1.59. The molecule has 0 atom stereocenters. The van der Waals surface area contributed by atoms with E-state index in [4.69, 9.17) is 0 Å². The molecule has 170 valence electrons. The summed E-state index contributed by atoms with van der Waals surface area (Å²) in [5, 5.41) is 8.24. The van der Waals surface area contributed by atoms with Crippen LogP contribution in [0.4, 0.5) is 0 Å². The molecule has 0 amide bonds. The summed E-state index contributed by atoms with van der Waals surface area (Å²) in [6.07, 6.45) is 0.159. The highest BCUT2D eigenvalue weighted by Crippen LogP contribution is 2.23. The Hall–Kier alpha value is -3.50. The molecule has 1 aliphatic carbocycles. The van der Waals surface area contributed by atoms with Gasteiger partial charge in [-0.05, 0) is 38.1 Å². The van der Waals surface area contributed by atoms with Gasteiger partial charge in [-0.2, -0.15) is 36.7 Å². The third kappa shape index (κ3) is 4.96. The Bertz CT molecular complexity index is 1350. The minimum Gasteiger partial charge on any atom is -0.200 e. The minimum absolute atomic E-state index is 0.100. The molecule has 0 bridgehead atoms. The second kappa shape index (κ2) is 8.80. The number of nitrogens with zero attached hydrogens (tertiary/aromatic N) is 2. The number of sulfonamides is 2. The van der Waals surface area contributed by atoms with Crippen molar-refractivity contribution in [3.8, 4) is 0 Å². The lowest BCUT2D eigenvalue weighted by Gasteiger charge is -2.05. The molecule has 0 heterocycles. The SMILES string of the molecule is Cc1ccc(S(=O)(=O)NN=C2CC(=NNS(=O)(=O)c3ccc(C)cc3)c3ccccc32)cc1. The van der Waals surface area contributed by atoms with Gasteiger partial charge in [0.15, 0.2) is 0 Å². The predicted molar refractivity (Wildman–Crippen MR) is 127 cm³/mol. The summed E-state index contributed by atoms with van der Waals surface area (Å²) in [6, 6.07) is 20.0. The zero-order valence-corrected chi connectivity index (χ0v) is 19.6. The average molecular weight is 483 g/mol. The van der Waals surface area contributed by atoms with Crippen LogP contribution in [0.15, 0.2) is 92.8 Å². The highest BCUT2D eigenvalue weighted by atomic mass is 32.2. The van der Waals surface area contributed by atoms with Gasteiger partial charge in [-0.3, -0.25) is 0 Å². The molecule has 0 spiro atoms. The molecular formula is C23H22N4O4S2. The number of fused-ring (bicyclic) bond motifs is 1. The number of hydrazone groups is 2. The lowest BCUT2D eigenvalue weighted by Crippen LogP contribution is -2.21. The maximum absolute atomic E-state index is 12.6. The molecule has 3 aromatic rings. The molecule has 0 saturated heterocycles. The standard InChI is InChI=1S/C23H22N4O4S2/c1-16-7-11-18(12-8-16)32(28,29)26-24-22-15-23(21-6-4-3-5-20(21)22)25-27-33(30,31)19-13-9-17(2)10-14-19/h3-14,26-27H,15H2,1-2H3. The van der Waals surface area contributed by atoms with Crippen molar-refractivity contribution in [3.05, 3.63) is 95.1 Å². The highest BCUT2D eigenvalue weighted by Gasteiger charge is 2.25. The van der Waals surface area contributed by atoms with Crippen LogP contribution in [-0.4, -0.2) is 28.3 Å². The molecule has 0 fully saturated rings. The van der Waals surface area contributed by atoms with Crippen molar-refractivity contribution in [2.24, 2.45) is 10.2 Å². The number of rotatable bonds is 6. The fourth-order valence-corrected chi connectivity index (χ4v) is 4.97. The molecule has 4 rings (SSSR count). The first kappa shape index (κ1) is 22.7. The quantitative estimate of drug-likeness (QED) is 0.525. The lowest BCUT2D eigenvalue weighted by molar-refractivity contribution is 0.583. The molecule has 0 unspecified atom stereocenters. The van der Waals surface area contributed by atoms with Gasteiger partial charge in [0.2, 0.25) is 0 Å². The molecule has 10 heteroatoms. The van der Waals surface area contributed by atoms with Crippen LogP contribution >= 0.6 is 0 Å². The molecule has 0 aromatic heterocycles. The Morgan fingerprint density at radius 3 is 1.33 bits per heavy atom. The zero-order chi connectivity index (χ0) is 23.6. The largest absolute Gasteiger partial charge is 0.276 e. The van der Waals surface area contributed by atoms with Crippen LogP contribution in [-0.2, 0) is 20.0 Å². The number of hydrogen-bond acceptors (Lipinski definition) is 6. The van der Waals surface area contributed by atoms with E-state index >= 15 is 0 Å². The van der Waals surface area contributed by atoms with Crippen molar-refractivity contribution >= 4 is 31.5 Å². The van der Waals surface area contributed by atoms with Crippen LogP contribution < -0.4 is 9.66 Å². The van der Waals surface area contributed by atoms with Crippen molar-refractivity contribution in [3.63, 3.8) is 0 Å². The van der Waals surface area contributed by atoms with Gasteiger partial charge < -0.3 is 0 Å². The van der Waals surface area contributed by atoms with Gasteiger partial charge in [0.25, 0.3) is 20.0 Å². The van der Waals surface area contributed by atoms with E-state index in [1.54, 1.807) is 48.5 Å². The summed E-state index contributed by atoms with van der Waals surface area (Å²) in [5.74, 6) is 0. The Morgan fingerprint density at radius 2 is 0.970 bits per heavy atom. The maximum Gasteiger partial charge on any atom is 0.276 e. The van der Waals surface area contributed by atoms with E-state index in [1.165, 1.54) is 24.3 Å². The topological polar surface area (TPSA) is 117 Å². The molecule has 1 aliphatic rings. The van der Waals surface area contributed by atoms with Crippen molar-refractivity contribution in [1.82, 2.24) is 9.66 Å². The Morgan fingerprint density at radius 1 is 0.606 bits per heavy atom. The number of hydrogen-bond donors (Lipinski definition) is 2. The summed E-state index contributed by atoms with van der Waals surface area (Å²) >= 11 is 0. The molecule has 0 radical (unpaired) electrons. The third-order valence-electron chi connectivity index (χ3n) is 5.15. The monoisotopic (exact) mass is 482 g/mol. The van der Waals surface area contributed by atoms with Crippen molar-refractivity contribution < 1.29 is 16.8 Å². The Labute approximate surface area is 193 Å². The Kier molecular flexibility index (Phi) is 6.05. The molecule has 8 nitrogen and oxygen atoms in total. The normalized spacial score (nSPS) is 16.1. The minimum atomic E-state index is -3.85. The summed E-state index contributed by atoms with van der Waals surface area (Å²) in [4.78, 5) is 4.74. The van der Waals surface area contributed by atoms with Crippen LogP contribution in [0.1, 0.15) is 28.7 Å². The molecule has 3 aromatic carbocycles. The predicted octanol–water partition coefficient (Wildman–Crippen LogP) is 3.07. The second-order valence-electron chi connectivity index (χ2n) is 7.65. The molecule has 2 N–H and O–H groups in total. The van der Waals surface area contributed by atoms with Gasteiger partial charge in [-0.15, -0.1) is 0 Å². The van der Waals surface area contributed by atoms with E-state index in [0.717, 1.165) is 11.1 Å². The number of benzene rings is 3. The van der Waals surface area contributed by atoms with Crippen LogP contribution in [0.5, 0.6) is 0 Å². The number of aryl methyl sites for hydroxylation is 2. The van der Waals surface area contributed by atoms with Gasteiger partial charge in [-0.25, -0.2) is 0 Å². The average Bonchev–Trinajstić information content (AvgIpc) is 3.15. The summed E-state index contributed by atoms with van der Waals surface area (Å²) in [7, 11) is -7.70. The van der Waals surface area contributed by atoms with Crippen LogP contribution in [0, 0.1) is 13.8 Å². The van der Waals surface area contributed by atoms with E-state index in [2.05, 4.69) is 19.9 Å². The smallest absolute Gasteiger partial charge is 0.200 e. The van der Waals surface area contributed by atoms with E-state index < -0.39 is 20.0 Å². The second-order valence-corrected chi connectivity index (χ2v) is 11.0. The van der Waals surface area contributed by atoms with Crippen molar-refractivity contribution in [2.45, 2.75) is 30.1 Å². The first-order chi connectivity index (χ1) is 15.7. The van der Waals surface area contributed by atoms with Gasteiger partial charge in [0.1, 0.15) is 0 Å². The van der Waals surface area contributed by atoms with E-state index in [-0.39, 0.29) is 16.2 Å². The zero-order valence-electron chi connectivity index (χ0n) is 18.0. The molecule has 0 aliphatic heterocycles. The van der Waals surface area contributed by atoms with E-state index in [1.807, 2.05) is 13.8 Å². The van der Waals surface area contributed by atoms with Crippen LogP contribution in [0.25, 0.3) is 0 Å². The number of nitrogens with one attached hydrogen (secondary N) is 2. The van der Waals surface area contributed by atoms with Gasteiger partial charge in [0.05, 0.1) is 21.2 Å². The maximum atomic E-state index is 12.6. The van der Waals surface area contributed by atoms with Crippen LogP contribution in [0.2, 0.25) is 0 Å². The van der Waals surface area contributed by atoms with Gasteiger partial charge in [-0.1, -0.05) is 59.7 Å².